The first-order valence-corrected chi connectivity index (χ1v) is 5.49. The molecule has 0 atom stereocenters. The molecule has 2 rings (SSSR count). The number of nitrogens with zero attached hydrogens (tertiary/aromatic N) is 1. The zero-order valence-electron chi connectivity index (χ0n) is 10.2. The van der Waals surface area contributed by atoms with Gasteiger partial charge in [-0.15, -0.1) is 0 Å². The SMILES string of the molecule is CCOC(=O)N(N)C(=O)c1cc2c(cc1N)OCO2. The number of carbonyl (C=O) groups excluding carboxylic acids is 2. The van der Waals surface area contributed by atoms with Crippen molar-refractivity contribution in [2.45, 2.75) is 6.92 Å². The van der Waals surface area contributed by atoms with E-state index in [2.05, 4.69) is 4.74 Å². The van der Waals surface area contributed by atoms with E-state index in [0.717, 1.165) is 0 Å². The molecule has 0 aromatic heterocycles. The van der Waals surface area contributed by atoms with Crippen LogP contribution in [0.15, 0.2) is 12.1 Å². The lowest BCUT2D eigenvalue weighted by Crippen LogP contribution is -2.43. The average molecular weight is 267 g/mol. The molecular weight excluding hydrogens is 254 g/mol. The molecule has 1 aliphatic heterocycles. The van der Waals surface area contributed by atoms with E-state index in [1.165, 1.54) is 12.1 Å². The lowest BCUT2D eigenvalue weighted by atomic mass is 10.1. The van der Waals surface area contributed by atoms with Crippen LogP contribution in [-0.4, -0.2) is 30.4 Å². The van der Waals surface area contributed by atoms with Gasteiger partial charge in [-0.05, 0) is 13.0 Å². The van der Waals surface area contributed by atoms with Crippen LogP contribution in [0.25, 0.3) is 0 Å². The molecule has 4 N–H and O–H groups in total. The van der Waals surface area contributed by atoms with Crippen LogP contribution >= 0.6 is 0 Å². The first kappa shape index (κ1) is 13.0. The van der Waals surface area contributed by atoms with E-state index in [1.807, 2.05) is 0 Å². The maximum Gasteiger partial charge on any atom is 0.431 e. The highest BCUT2D eigenvalue weighted by Crippen LogP contribution is 2.36. The van der Waals surface area contributed by atoms with Crippen molar-refractivity contribution < 1.29 is 23.8 Å². The molecule has 8 nitrogen and oxygen atoms in total. The Bertz CT molecular complexity index is 531. The molecule has 1 aromatic rings. The fraction of sp³-hybridized carbons (Fsp3) is 0.273. The number of nitrogen functional groups attached to an aromatic ring is 1. The Balaban J connectivity index is 2.26. The number of benzene rings is 1. The standard InChI is InChI=1S/C11H13N3O5/c1-2-17-11(16)14(13)10(15)6-3-8-9(4-7(6)12)19-5-18-8/h3-4H,2,5,12-13H2,1H3. The Hall–Kier alpha value is -2.48. The van der Waals surface area contributed by atoms with Crippen LogP contribution in [0.4, 0.5) is 10.5 Å². The number of amides is 2. The molecule has 1 heterocycles. The van der Waals surface area contributed by atoms with Gasteiger partial charge in [-0.3, -0.25) is 4.79 Å². The van der Waals surface area contributed by atoms with Gasteiger partial charge in [0.05, 0.1) is 12.2 Å². The van der Waals surface area contributed by atoms with Crippen molar-refractivity contribution >= 4 is 17.7 Å². The first-order chi connectivity index (χ1) is 9.04. The predicted octanol–water partition coefficient (Wildman–Crippen LogP) is 0.470. The summed E-state index contributed by atoms with van der Waals surface area (Å²) in [5.41, 5.74) is 5.89. The summed E-state index contributed by atoms with van der Waals surface area (Å²) in [7, 11) is 0. The van der Waals surface area contributed by atoms with Crippen LogP contribution in [0.1, 0.15) is 17.3 Å². The number of imide groups is 1. The van der Waals surface area contributed by atoms with E-state index in [0.29, 0.717) is 16.5 Å². The molecule has 102 valence electrons. The molecule has 2 amide bonds. The van der Waals surface area contributed by atoms with Crippen LogP contribution < -0.4 is 21.1 Å². The highest BCUT2D eigenvalue weighted by atomic mass is 16.7. The molecule has 0 saturated carbocycles. The lowest BCUT2D eigenvalue weighted by molar-refractivity contribution is 0.0672. The number of hydrogen-bond donors (Lipinski definition) is 2. The van der Waals surface area contributed by atoms with Crippen LogP contribution in [0, 0.1) is 0 Å². The molecule has 8 heteroatoms. The van der Waals surface area contributed by atoms with Gasteiger partial charge < -0.3 is 19.9 Å². The third kappa shape index (κ3) is 2.38. The number of rotatable bonds is 2. The summed E-state index contributed by atoms with van der Waals surface area (Å²) >= 11 is 0. The number of fused-ring (bicyclic) bond motifs is 1. The number of nitrogens with two attached hydrogens (primary N) is 2. The second-order valence-electron chi connectivity index (χ2n) is 3.67. The maximum absolute atomic E-state index is 12.0. The highest BCUT2D eigenvalue weighted by Gasteiger charge is 2.25. The van der Waals surface area contributed by atoms with Crippen molar-refractivity contribution in [2.24, 2.45) is 5.84 Å². The minimum absolute atomic E-state index is 0.0415. The van der Waals surface area contributed by atoms with Gasteiger partial charge in [-0.2, -0.15) is 5.01 Å². The molecule has 0 radical (unpaired) electrons. The first-order valence-electron chi connectivity index (χ1n) is 5.49. The quantitative estimate of drug-likeness (QED) is 0.346. The molecule has 0 unspecified atom stereocenters. The van der Waals surface area contributed by atoms with Crippen molar-refractivity contribution in [3.63, 3.8) is 0 Å². The van der Waals surface area contributed by atoms with E-state index >= 15 is 0 Å². The van der Waals surface area contributed by atoms with Crippen molar-refractivity contribution in [1.82, 2.24) is 5.01 Å². The third-order valence-electron chi connectivity index (χ3n) is 2.46. The van der Waals surface area contributed by atoms with E-state index in [9.17, 15) is 9.59 Å². The van der Waals surface area contributed by atoms with Crippen LogP contribution in [0.3, 0.4) is 0 Å². The summed E-state index contributed by atoms with van der Waals surface area (Å²) in [4.78, 5) is 23.4. The largest absolute Gasteiger partial charge is 0.454 e. The zero-order chi connectivity index (χ0) is 14.0. The van der Waals surface area contributed by atoms with Gasteiger partial charge in [0.15, 0.2) is 11.5 Å². The van der Waals surface area contributed by atoms with Crippen LogP contribution in [0.2, 0.25) is 0 Å². The summed E-state index contributed by atoms with van der Waals surface area (Å²) in [6.07, 6.45) is -0.954. The molecule has 0 saturated heterocycles. The molecule has 0 spiro atoms. The number of anilines is 1. The summed E-state index contributed by atoms with van der Waals surface area (Å²) in [5.74, 6) is 5.40. The molecule has 1 aliphatic rings. The van der Waals surface area contributed by atoms with Crippen molar-refractivity contribution in [3.05, 3.63) is 17.7 Å². The predicted molar refractivity (Wildman–Crippen MR) is 64.4 cm³/mol. The Kier molecular flexibility index (Phi) is 3.43. The van der Waals surface area contributed by atoms with Gasteiger partial charge in [0.25, 0.3) is 5.91 Å². The topological polar surface area (TPSA) is 117 Å². The monoisotopic (exact) mass is 267 g/mol. The average Bonchev–Trinajstić information content (AvgIpc) is 2.83. The van der Waals surface area contributed by atoms with Crippen molar-refractivity contribution in [2.75, 3.05) is 19.1 Å². The fourth-order valence-electron chi connectivity index (χ4n) is 1.55. The van der Waals surface area contributed by atoms with Crippen molar-refractivity contribution in [3.8, 4) is 11.5 Å². The Labute approximate surface area is 108 Å². The van der Waals surface area contributed by atoms with Gasteiger partial charge in [0.1, 0.15) is 0 Å². The summed E-state index contributed by atoms with van der Waals surface area (Å²) in [5, 5.41) is 0.359. The summed E-state index contributed by atoms with van der Waals surface area (Å²) in [6, 6.07) is 2.81. The van der Waals surface area contributed by atoms with Crippen LogP contribution in [0.5, 0.6) is 11.5 Å². The van der Waals surface area contributed by atoms with Gasteiger partial charge in [-0.1, -0.05) is 0 Å². The van der Waals surface area contributed by atoms with Gasteiger partial charge in [-0.25, -0.2) is 10.6 Å². The van der Waals surface area contributed by atoms with E-state index in [-0.39, 0.29) is 24.7 Å². The number of hydrazine groups is 1. The molecule has 19 heavy (non-hydrogen) atoms. The van der Waals surface area contributed by atoms with Crippen molar-refractivity contribution in [1.29, 1.82) is 0 Å². The van der Waals surface area contributed by atoms with E-state index in [1.54, 1.807) is 6.92 Å². The minimum atomic E-state index is -0.954. The Morgan fingerprint density at radius 2 is 2.00 bits per heavy atom. The normalized spacial score (nSPS) is 12.1. The molecule has 0 fully saturated rings. The lowest BCUT2D eigenvalue weighted by Gasteiger charge is -2.15. The number of ether oxygens (including phenoxy) is 3. The molecular formula is C11H13N3O5. The highest BCUT2D eigenvalue weighted by molar-refractivity contribution is 6.06. The summed E-state index contributed by atoms with van der Waals surface area (Å²) < 4.78 is 14.9. The summed E-state index contributed by atoms with van der Waals surface area (Å²) in [6.45, 7) is 1.76. The van der Waals surface area contributed by atoms with Gasteiger partial charge >= 0.3 is 6.09 Å². The second-order valence-corrected chi connectivity index (χ2v) is 3.67. The van der Waals surface area contributed by atoms with Gasteiger partial charge in [0.2, 0.25) is 6.79 Å². The molecule has 1 aromatic carbocycles. The fourth-order valence-corrected chi connectivity index (χ4v) is 1.55. The number of hydrogen-bond acceptors (Lipinski definition) is 7. The third-order valence-corrected chi connectivity index (χ3v) is 2.46. The maximum atomic E-state index is 12.0. The molecule has 0 aliphatic carbocycles. The Morgan fingerprint density at radius 1 is 1.37 bits per heavy atom. The van der Waals surface area contributed by atoms with Crippen LogP contribution in [-0.2, 0) is 4.74 Å². The minimum Gasteiger partial charge on any atom is -0.454 e. The zero-order valence-corrected chi connectivity index (χ0v) is 10.2. The Morgan fingerprint density at radius 3 is 2.63 bits per heavy atom. The van der Waals surface area contributed by atoms with E-state index < -0.39 is 12.0 Å². The van der Waals surface area contributed by atoms with E-state index in [4.69, 9.17) is 21.1 Å². The molecule has 0 bridgehead atoms. The number of carbonyl (C=O) groups is 2. The van der Waals surface area contributed by atoms with Gasteiger partial charge in [0, 0.05) is 11.8 Å². The smallest absolute Gasteiger partial charge is 0.431 e. The second kappa shape index (κ2) is 5.02.